The van der Waals surface area contributed by atoms with E-state index in [-0.39, 0.29) is 5.41 Å². The fraction of sp³-hybridized carbons (Fsp3) is 0.588. The third-order valence-electron chi connectivity index (χ3n) is 3.45. The summed E-state index contributed by atoms with van der Waals surface area (Å²) in [4.78, 5) is 4.23. The van der Waals surface area contributed by atoms with E-state index in [9.17, 15) is 0 Å². The fourth-order valence-corrected chi connectivity index (χ4v) is 2.00. The molecule has 1 aromatic rings. The smallest absolute Gasteiger partial charge is 0.191 e. The second kappa shape index (κ2) is 10.2. The molecule has 0 saturated heterocycles. The highest BCUT2D eigenvalue weighted by Crippen LogP contribution is 2.21. The molecule has 22 heavy (non-hydrogen) atoms. The number of guanidine groups is 1. The predicted octanol–water partition coefficient (Wildman–Crippen LogP) is 1.79. The average Bonchev–Trinajstić information content (AvgIpc) is 2.54. The first-order valence-corrected chi connectivity index (χ1v) is 7.67. The van der Waals surface area contributed by atoms with Crippen LogP contribution in [0.3, 0.4) is 0 Å². The van der Waals surface area contributed by atoms with Crippen molar-refractivity contribution >= 4 is 5.96 Å². The molecule has 2 N–H and O–H groups in total. The SMILES string of the molecule is CN=C(NCCOCCOC)NCC(C)(C)c1ccccc1. The van der Waals surface area contributed by atoms with Crippen molar-refractivity contribution in [1.82, 2.24) is 10.6 Å². The Morgan fingerprint density at radius 3 is 2.45 bits per heavy atom. The number of ether oxygens (including phenoxy) is 2. The van der Waals surface area contributed by atoms with Gasteiger partial charge in [-0.25, -0.2) is 0 Å². The van der Waals surface area contributed by atoms with E-state index < -0.39 is 0 Å². The molecule has 0 radical (unpaired) electrons. The van der Waals surface area contributed by atoms with Gasteiger partial charge in [-0.2, -0.15) is 0 Å². The number of nitrogens with zero attached hydrogens (tertiary/aromatic N) is 1. The Labute approximate surface area is 134 Å². The second-order valence-corrected chi connectivity index (χ2v) is 5.71. The standard InChI is InChI=1S/C17H29N3O2/c1-17(2,15-8-6-5-7-9-15)14-20-16(18-3)19-10-11-22-13-12-21-4/h5-9H,10-14H2,1-4H3,(H2,18,19,20). The zero-order valence-corrected chi connectivity index (χ0v) is 14.2. The Morgan fingerprint density at radius 1 is 1.09 bits per heavy atom. The molecule has 0 aliphatic heterocycles. The Balaban J connectivity index is 2.31. The minimum absolute atomic E-state index is 0.0356. The van der Waals surface area contributed by atoms with Crippen molar-refractivity contribution in [1.29, 1.82) is 0 Å². The number of hydrogen-bond donors (Lipinski definition) is 2. The first kappa shape index (κ1) is 18.5. The third kappa shape index (κ3) is 6.91. The molecule has 124 valence electrons. The van der Waals surface area contributed by atoms with Gasteiger partial charge in [-0.05, 0) is 5.56 Å². The highest BCUT2D eigenvalue weighted by molar-refractivity contribution is 5.79. The maximum Gasteiger partial charge on any atom is 0.191 e. The van der Waals surface area contributed by atoms with Crippen LogP contribution in [0.15, 0.2) is 35.3 Å². The molecule has 5 heteroatoms. The van der Waals surface area contributed by atoms with E-state index in [2.05, 4.69) is 53.7 Å². The fourth-order valence-electron chi connectivity index (χ4n) is 2.00. The van der Waals surface area contributed by atoms with E-state index >= 15 is 0 Å². The van der Waals surface area contributed by atoms with Crippen molar-refractivity contribution in [2.75, 3.05) is 47.1 Å². The molecular formula is C17H29N3O2. The van der Waals surface area contributed by atoms with Gasteiger partial charge in [-0.1, -0.05) is 44.2 Å². The van der Waals surface area contributed by atoms with Crippen molar-refractivity contribution in [3.63, 3.8) is 0 Å². The Kier molecular flexibility index (Phi) is 8.55. The third-order valence-corrected chi connectivity index (χ3v) is 3.45. The van der Waals surface area contributed by atoms with E-state index in [0.717, 1.165) is 19.0 Å². The van der Waals surface area contributed by atoms with Crippen LogP contribution in [-0.2, 0) is 14.9 Å². The van der Waals surface area contributed by atoms with E-state index in [0.29, 0.717) is 19.8 Å². The first-order valence-electron chi connectivity index (χ1n) is 7.67. The van der Waals surface area contributed by atoms with Crippen LogP contribution in [0.25, 0.3) is 0 Å². The summed E-state index contributed by atoms with van der Waals surface area (Å²) in [7, 11) is 3.44. The molecule has 0 aromatic heterocycles. The van der Waals surface area contributed by atoms with Crippen LogP contribution >= 0.6 is 0 Å². The molecule has 0 saturated carbocycles. The van der Waals surface area contributed by atoms with Crippen LogP contribution in [0.1, 0.15) is 19.4 Å². The van der Waals surface area contributed by atoms with Gasteiger partial charge < -0.3 is 20.1 Å². The van der Waals surface area contributed by atoms with Crippen LogP contribution in [-0.4, -0.2) is 53.0 Å². The van der Waals surface area contributed by atoms with Gasteiger partial charge in [-0.3, -0.25) is 4.99 Å². The molecule has 0 aliphatic rings. The highest BCUT2D eigenvalue weighted by Gasteiger charge is 2.20. The monoisotopic (exact) mass is 307 g/mol. The molecule has 1 rings (SSSR count). The van der Waals surface area contributed by atoms with Crippen molar-refractivity contribution in [2.45, 2.75) is 19.3 Å². The van der Waals surface area contributed by atoms with Crippen molar-refractivity contribution in [3.8, 4) is 0 Å². The lowest BCUT2D eigenvalue weighted by Gasteiger charge is -2.26. The normalized spacial score (nSPS) is 12.3. The van der Waals surface area contributed by atoms with Gasteiger partial charge in [0.2, 0.25) is 0 Å². The lowest BCUT2D eigenvalue weighted by Crippen LogP contribution is -2.44. The van der Waals surface area contributed by atoms with E-state index in [1.54, 1.807) is 14.2 Å². The van der Waals surface area contributed by atoms with Crippen LogP contribution < -0.4 is 10.6 Å². The molecule has 0 heterocycles. The summed E-state index contributed by atoms with van der Waals surface area (Å²) in [6.45, 7) is 7.83. The van der Waals surface area contributed by atoms with Crippen LogP contribution in [0.4, 0.5) is 0 Å². The maximum absolute atomic E-state index is 5.41. The summed E-state index contributed by atoms with van der Waals surface area (Å²) in [5, 5.41) is 6.61. The molecular weight excluding hydrogens is 278 g/mol. The summed E-state index contributed by atoms with van der Waals surface area (Å²) in [6.07, 6.45) is 0. The van der Waals surface area contributed by atoms with Gasteiger partial charge in [0.25, 0.3) is 0 Å². The first-order chi connectivity index (χ1) is 10.6. The van der Waals surface area contributed by atoms with Crippen LogP contribution in [0.2, 0.25) is 0 Å². The van der Waals surface area contributed by atoms with E-state index in [1.165, 1.54) is 5.56 Å². The number of benzene rings is 1. The van der Waals surface area contributed by atoms with Gasteiger partial charge >= 0.3 is 0 Å². The number of rotatable bonds is 9. The summed E-state index contributed by atoms with van der Waals surface area (Å²) in [5.74, 6) is 0.791. The van der Waals surface area contributed by atoms with Gasteiger partial charge in [0.1, 0.15) is 0 Å². The minimum atomic E-state index is 0.0356. The zero-order chi connectivity index (χ0) is 16.3. The molecule has 0 fully saturated rings. The van der Waals surface area contributed by atoms with Gasteiger partial charge in [0, 0.05) is 32.7 Å². The van der Waals surface area contributed by atoms with Crippen LogP contribution in [0, 0.1) is 0 Å². The molecule has 0 spiro atoms. The molecule has 0 atom stereocenters. The summed E-state index contributed by atoms with van der Waals surface area (Å²) in [5.41, 5.74) is 1.34. The molecule has 1 aromatic carbocycles. The Hall–Kier alpha value is -1.59. The lowest BCUT2D eigenvalue weighted by molar-refractivity contribution is 0.0733. The lowest BCUT2D eigenvalue weighted by atomic mass is 9.85. The van der Waals surface area contributed by atoms with Crippen LogP contribution in [0.5, 0.6) is 0 Å². The molecule has 0 aliphatic carbocycles. The zero-order valence-electron chi connectivity index (χ0n) is 14.2. The van der Waals surface area contributed by atoms with Crippen molar-refractivity contribution in [2.24, 2.45) is 4.99 Å². The molecule has 5 nitrogen and oxygen atoms in total. The Morgan fingerprint density at radius 2 is 1.82 bits per heavy atom. The van der Waals surface area contributed by atoms with Crippen molar-refractivity contribution in [3.05, 3.63) is 35.9 Å². The maximum atomic E-state index is 5.41. The summed E-state index contributed by atoms with van der Waals surface area (Å²) >= 11 is 0. The molecule has 0 bridgehead atoms. The Bertz CT molecular complexity index is 433. The molecule has 0 unspecified atom stereocenters. The number of nitrogens with one attached hydrogen (secondary N) is 2. The number of methoxy groups -OCH3 is 1. The summed E-state index contributed by atoms with van der Waals surface area (Å²) < 4.78 is 10.3. The average molecular weight is 307 g/mol. The van der Waals surface area contributed by atoms with Crippen molar-refractivity contribution < 1.29 is 9.47 Å². The number of aliphatic imine (C=N–C) groups is 1. The van der Waals surface area contributed by atoms with Gasteiger partial charge in [0.15, 0.2) is 5.96 Å². The van der Waals surface area contributed by atoms with Gasteiger partial charge in [-0.15, -0.1) is 0 Å². The van der Waals surface area contributed by atoms with Gasteiger partial charge in [0.05, 0.1) is 19.8 Å². The highest BCUT2D eigenvalue weighted by atomic mass is 16.5. The topological polar surface area (TPSA) is 54.9 Å². The quantitative estimate of drug-likeness (QED) is 0.415. The van der Waals surface area contributed by atoms with E-state index in [4.69, 9.17) is 9.47 Å². The molecule has 0 amide bonds. The largest absolute Gasteiger partial charge is 0.382 e. The minimum Gasteiger partial charge on any atom is -0.382 e. The summed E-state index contributed by atoms with van der Waals surface area (Å²) in [6, 6.07) is 10.5. The second-order valence-electron chi connectivity index (χ2n) is 5.71. The predicted molar refractivity (Wildman–Crippen MR) is 91.5 cm³/mol. The van der Waals surface area contributed by atoms with E-state index in [1.807, 2.05) is 6.07 Å². The number of hydrogen-bond acceptors (Lipinski definition) is 3.